The summed E-state index contributed by atoms with van der Waals surface area (Å²) in [6.07, 6.45) is 7.57. The van der Waals surface area contributed by atoms with E-state index in [9.17, 15) is 4.39 Å². The number of benzene rings is 1. The van der Waals surface area contributed by atoms with Gasteiger partial charge in [0.2, 0.25) is 0 Å². The number of nitrogens with one attached hydrogen (secondary N) is 1. The van der Waals surface area contributed by atoms with E-state index in [4.69, 9.17) is 4.74 Å². The molecule has 0 aliphatic rings. The zero-order valence-electron chi connectivity index (χ0n) is 13.0. The van der Waals surface area contributed by atoms with Gasteiger partial charge in [0.15, 0.2) is 11.6 Å². The summed E-state index contributed by atoms with van der Waals surface area (Å²) in [5.74, 6) is 0.0252. The first-order valence-electron chi connectivity index (χ1n) is 7.86. The topological polar surface area (TPSA) is 21.3 Å². The van der Waals surface area contributed by atoms with Crippen molar-refractivity contribution in [2.75, 3.05) is 11.9 Å². The molecule has 0 spiro atoms. The smallest absolute Gasteiger partial charge is 0.167 e. The summed E-state index contributed by atoms with van der Waals surface area (Å²) >= 11 is 0. The van der Waals surface area contributed by atoms with Crippen LogP contribution in [0.3, 0.4) is 0 Å². The van der Waals surface area contributed by atoms with Crippen molar-refractivity contribution >= 4 is 5.69 Å². The second-order valence-corrected chi connectivity index (χ2v) is 5.33. The third-order valence-corrected chi connectivity index (χ3v) is 3.39. The van der Waals surface area contributed by atoms with Crippen molar-refractivity contribution in [1.82, 2.24) is 0 Å². The van der Waals surface area contributed by atoms with Crippen molar-refractivity contribution in [3.8, 4) is 5.75 Å². The molecule has 1 aromatic carbocycles. The van der Waals surface area contributed by atoms with Crippen LogP contribution in [0.4, 0.5) is 10.1 Å². The van der Waals surface area contributed by atoms with E-state index in [0.717, 1.165) is 12.1 Å². The molecule has 0 fully saturated rings. The Morgan fingerprint density at radius 2 is 1.90 bits per heavy atom. The number of hydrogen-bond donors (Lipinski definition) is 1. The van der Waals surface area contributed by atoms with Gasteiger partial charge in [-0.1, -0.05) is 39.0 Å². The molecule has 3 heteroatoms. The normalized spacial score (nSPS) is 12.2. The van der Waals surface area contributed by atoms with Gasteiger partial charge in [0, 0.05) is 17.8 Å². The van der Waals surface area contributed by atoms with E-state index >= 15 is 0 Å². The number of unbranched alkanes of at least 4 members (excludes halogenated alkanes) is 4. The Hall–Kier alpha value is -1.25. The molecule has 114 valence electrons. The van der Waals surface area contributed by atoms with Crippen molar-refractivity contribution in [2.45, 2.75) is 65.3 Å². The van der Waals surface area contributed by atoms with Crippen LogP contribution in [0.5, 0.6) is 5.75 Å². The van der Waals surface area contributed by atoms with Crippen LogP contribution in [0.15, 0.2) is 18.2 Å². The highest BCUT2D eigenvalue weighted by molar-refractivity contribution is 5.47. The fraction of sp³-hybridized carbons (Fsp3) is 0.647. The number of hydrogen-bond acceptors (Lipinski definition) is 2. The van der Waals surface area contributed by atoms with Gasteiger partial charge in [0.25, 0.3) is 0 Å². The van der Waals surface area contributed by atoms with Crippen molar-refractivity contribution in [2.24, 2.45) is 0 Å². The summed E-state index contributed by atoms with van der Waals surface area (Å²) in [6.45, 7) is 6.71. The molecule has 0 bridgehead atoms. The average Bonchev–Trinajstić information content (AvgIpc) is 2.42. The van der Waals surface area contributed by atoms with E-state index < -0.39 is 0 Å². The number of rotatable bonds is 10. The summed E-state index contributed by atoms with van der Waals surface area (Å²) in [7, 11) is 0. The molecule has 0 heterocycles. The summed E-state index contributed by atoms with van der Waals surface area (Å²) in [5.41, 5.74) is 0.826. The fourth-order valence-corrected chi connectivity index (χ4v) is 2.27. The van der Waals surface area contributed by atoms with Crippen LogP contribution in [0.2, 0.25) is 0 Å². The molecule has 0 aliphatic carbocycles. The molecule has 0 aromatic heterocycles. The van der Waals surface area contributed by atoms with E-state index in [1.165, 1.54) is 38.2 Å². The lowest BCUT2D eigenvalue weighted by Crippen LogP contribution is -2.15. The van der Waals surface area contributed by atoms with Crippen LogP contribution in [-0.2, 0) is 0 Å². The van der Waals surface area contributed by atoms with Gasteiger partial charge in [-0.25, -0.2) is 4.39 Å². The number of anilines is 1. The van der Waals surface area contributed by atoms with E-state index in [2.05, 4.69) is 19.2 Å². The lowest BCUT2D eigenvalue weighted by Gasteiger charge is -2.16. The lowest BCUT2D eigenvalue weighted by atomic mass is 10.1. The van der Waals surface area contributed by atoms with Crippen LogP contribution in [-0.4, -0.2) is 12.6 Å². The summed E-state index contributed by atoms with van der Waals surface area (Å²) < 4.78 is 18.9. The van der Waals surface area contributed by atoms with Gasteiger partial charge >= 0.3 is 0 Å². The van der Waals surface area contributed by atoms with Crippen molar-refractivity contribution < 1.29 is 9.13 Å². The lowest BCUT2D eigenvalue weighted by molar-refractivity contribution is 0.321. The largest absolute Gasteiger partial charge is 0.491 e. The molecule has 0 saturated carbocycles. The zero-order valence-corrected chi connectivity index (χ0v) is 13.0. The fourth-order valence-electron chi connectivity index (χ4n) is 2.27. The van der Waals surface area contributed by atoms with Crippen LogP contribution >= 0.6 is 0 Å². The molecule has 1 unspecified atom stereocenters. The molecule has 1 N–H and O–H groups in total. The Bertz CT molecular complexity index is 381. The van der Waals surface area contributed by atoms with Crippen molar-refractivity contribution in [1.29, 1.82) is 0 Å². The molecular formula is C17H28FNO. The Morgan fingerprint density at radius 3 is 2.55 bits per heavy atom. The summed E-state index contributed by atoms with van der Waals surface area (Å²) in [4.78, 5) is 0. The first kappa shape index (κ1) is 16.8. The predicted molar refractivity (Wildman–Crippen MR) is 84.0 cm³/mol. The van der Waals surface area contributed by atoms with Crippen LogP contribution in [0, 0.1) is 5.82 Å². The molecule has 2 nitrogen and oxygen atoms in total. The van der Waals surface area contributed by atoms with E-state index in [0.29, 0.717) is 18.4 Å². The van der Waals surface area contributed by atoms with Crippen LogP contribution in [0.1, 0.15) is 59.3 Å². The first-order chi connectivity index (χ1) is 9.67. The quantitative estimate of drug-likeness (QED) is 0.581. The van der Waals surface area contributed by atoms with E-state index in [1.807, 2.05) is 13.0 Å². The maximum Gasteiger partial charge on any atom is 0.167 e. The minimum absolute atomic E-state index is 0.299. The van der Waals surface area contributed by atoms with E-state index in [-0.39, 0.29) is 5.82 Å². The molecule has 1 aromatic rings. The van der Waals surface area contributed by atoms with Gasteiger partial charge < -0.3 is 10.1 Å². The number of halogens is 1. The second kappa shape index (κ2) is 9.62. The molecule has 0 saturated heterocycles. The number of ether oxygens (including phenoxy) is 1. The highest BCUT2D eigenvalue weighted by Gasteiger charge is 2.06. The zero-order chi connectivity index (χ0) is 14.8. The molecule has 1 rings (SSSR count). The minimum Gasteiger partial charge on any atom is -0.491 e. The molecule has 0 amide bonds. The summed E-state index contributed by atoms with van der Waals surface area (Å²) in [6, 6.07) is 5.45. The van der Waals surface area contributed by atoms with Gasteiger partial charge in [0.05, 0.1) is 6.61 Å². The second-order valence-electron chi connectivity index (χ2n) is 5.33. The van der Waals surface area contributed by atoms with Crippen molar-refractivity contribution in [3.63, 3.8) is 0 Å². The maximum atomic E-state index is 13.7. The van der Waals surface area contributed by atoms with Gasteiger partial charge in [-0.05, 0) is 32.4 Å². The molecule has 20 heavy (non-hydrogen) atoms. The average molecular weight is 281 g/mol. The Balaban J connectivity index is 2.34. The highest BCUT2D eigenvalue weighted by atomic mass is 19.1. The molecular weight excluding hydrogens is 253 g/mol. The molecule has 1 atom stereocenters. The Morgan fingerprint density at radius 1 is 1.15 bits per heavy atom. The Kier molecular flexibility index (Phi) is 8.08. The van der Waals surface area contributed by atoms with Gasteiger partial charge in [-0.2, -0.15) is 0 Å². The molecule has 0 radical (unpaired) electrons. The maximum absolute atomic E-state index is 13.7. The molecule has 0 aliphatic heterocycles. The predicted octanol–water partition coefficient (Wildman–Crippen LogP) is 5.39. The van der Waals surface area contributed by atoms with Gasteiger partial charge in [0.1, 0.15) is 0 Å². The monoisotopic (exact) mass is 281 g/mol. The van der Waals surface area contributed by atoms with Crippen LogP contribution in [0.25, 0.3) is 0 Å². The van der Waals surface area contributed by atoms with Gasteiger partial charge in [-0.15, -0.1) is 0 Å². The summed E-state index contributed by atoms with van der Waals surface area (Å²) in [5, 5.41) is 3.35. The SMILES string of the molecule is CCCCCCCC(C)Nc1ccc(OCC)c(F)c1. The van der Waals surface area contributed by atoms with E-state index in [1.54, 1.807) is 6.07 Å². The van der Waals surface area contributed by atoms with Crippen LogP contribution < -0.4 is 10.1 Å². The van der Waals surface area contributed by atoms with Gasteiger partial charge in [-0.3, -0.25) is 0 Å². The highest BCUT2D eigenvalue weighted by Crippen LogP contribution is 2.22. The third kappa shape index (κ3) is 6.27. The first-order valence-corrected chi connectivity index (χ1v) is 7.86. The van der Waals surface area contributed by atoms with Crippen molar-refractivity contribution in [3.05, 3.63) is 24.0 Å². The minimum atomic E-state index is -0.299. The third-order valence-electron chi connectivity index (χ3n) is 3.39. The Labute approximate surface area is 122 Å². The standard InChI is InChI=1S/C17H28FNO/c1-4-6-7-8-9-10-14(3)19-15-11-12-17(20-5-2)16(18)13-15/h11-14,19H,4-10H2,1-3H3.